The van der Waals surface area contributed by atoms with Crippen molar-refractivity contribution < 1.29 is 14.3 Å². The third-order valence-corrected chi connectivity index (χ3v) is 3.64. The summed E-state index contributed by atoms with van der Waals surface area (Å²) in [6.07, 6.45) is 1.72. The molecule has 0 aliphatic rings. The minimum Gasteiger partial charge on any atom is -0.497 e. The first-order valence-corrected chi connectivity index (χ1v) is 7.07. The molecule has 0 unspecified atom stereocenters. The van der Waals surface area contributed by atoms with Crippen LogP contribution in [-0.2, 0) is 7.05 Å². The van der Waals surface area contributed by atoms with E-state index in [1.54, 1.807) is 50.9 Å². The lowest BCUT2D eigenvalue weighted by Crippen LogP contribution is -2.12. The molecule has 6 heteroatoms. The number of imidazole rings is 1. The normalized spacial score (nSPS) is 10.6. The lowest BCUT2D eigenvalue weighted by molar-refractivity contribution is 0.102. The maximum atomic E-state index is 12.5. The highest BCUT2D eigenvalue weighted by Crippen LogP contribution is 2.29. The van der Waals surface area contributed by atoms with E-state index in [-0.39, 0.29) is 5.91 Å². The number of carbonyl (C=O) groups excluding carboxylic acids is 1. The van der Waals surface area contributed by atoms with Crippen molar-refractivity contribution in [2.24, 2.45) is 7.05 Å². The average Bonchev–Trinajstić information content (AvgIpc) is 2.95. The number of rotatable bonds is 4. The predicted molar refractivity (Wildman–Crippen MR) is 88.2 cm³/mol. The number of carbonyl (C=O) groups is 1. The smallest absolute Gasteiger partial charge is 0.255 e. The van der Waals surface area contributed by atoms with Crippen molar-refractivity contribution in [3.05, 3.63) is 48.3 Å². The third kappa shape index (κ3) is 2.83. The van der Waals surface area contributed by atoms with Crippen LogP contribution in [-0.4, -0.2) is 29.7 Å². The van der Waals surface area contributed by atoms with Crippen molar-refractivity contribution in [3.63, 3.8) is 0 Å². The number of fused-ring (bicyclic) bond motifs is 1. The summed E-state index contributed by atoms with van der Waals surface area (Å²) in [5, 5.41) is 2.85. The third-order valence-electron chi connectivity index (χ3n) is 3.64. The van der Waals surface area contributed by atoms with E-state index >= 15 is 0 Å². The zero-order valence-electron chi connectivity index (χ0n) is 13.2. The van der Waals surface area contributed by atoms with Crippen LogP contribution in [0.25, 0.3) is 11.0 Å². The van der Waals surface area contributed by atoms with Gasteiger partial charge in [-0.3, -0.25) is 4.79 Å². The summed E-state index contributed by atoms with van der Waals surface area (Å²) in [4.78, 5) is 16.7. The van der Waals surface area contributed by atoms with Crippen molar-refractivity contribution in [2.45, 2.75) is 0 Å². The van der Waals surface area contributed by atoms with Crippen LogP contribution in [0.1, 0.15) is 10.4 Å². The topological polar surface area (TPSA) is 65.4 Å². The van der Waals surface area contributed by atoms with Crippen molar-refractivity contribution in [1.82, 2.24) is 9.55 Å². The molecule has 1 amide bonds. The zero-order valence-corrected chi connectivity index (χ0v) is 13.2. The SMILES string of the molecule is COc1ccc(NC(=O)c2ccc3c(c2)ncn3C)c(OC)c1. The van der Waals surface area contributed by atoms with Gasteiger partial charge >= 0.3 is 0 Å². The van der Waals surface area contributed by atoms with Gasteiger partial charge < -0.3 is 19.4 Å². The number of aromatic nitrogens is 2. The first-order chi connectivity index (χ1) is 11.1. The number of aryl methyl sites for hydroxylation is 1. The second kappa shape index (κ2) is 6.00. The second-order valence-corrected chi connectivity index (χ2v) is 5.08. The lowest BCUT2D eigenvalue weighted by atomic mass is 10.1. The van der Waals surface area contributed by atoms with Crippen molar-refractivity contribution in [1.29, 1.82) is 0 Å². The van der Waals surface area contributed by atoms with Crippen molar-refractivity contribution >= 4 is 22.6 Å². The molecular weight excluding hydrogens is 294 g/mol. The number of nitrogens with one attached hydrogen (secondary N) is 1. The molecule has 23 heavy (non-hydrogen) atoms. The van der Waals surface area contributed by atoms with E-state index in [4.69, 9.17) is 9.47 Å². The minimum absolute atomic E-state index is 0.221. The number of amides is 1. The summed E-state index contributed by atoms with van der Waals surface area (Å²) in [7, 11) is 5.04. The Kier molecular flexibility index (Phi) is 3.89. The Labute approximate surface area is 133 Å². The fourth-order valence-electron chi connectivity index (χ4n) is 2.37. The number of methoxy groups -OCH3 is 2. The van der Waals surface area contributed by atoms with Crippen LogP contribution >= 0.6 is 0 Å². The maximum absolute atomic E-state index is 12.5. The molecule has 0 atom stereocenters. The Bertz CT molecular complexity index is 871. The summed E-state index contributed by atoms with van der Waals surface area (Å²) in [5.41, 5.74) is 2.87. The van der Waals surface area contributed by atoms with E-state index in [9.17, 15) is 4.79 Å². The van der Waals surface area contributed by atoms with Gasteiger partial charge in [0.05, 0.1) is 37.3 Å². The predicted octanol–water partition coefficient (Wildman–Crippen LogP) is 2.84. The second-order valence-electron chi connectivity index (χ2n) is 5.08. The summed E-state index contributed by atoms with van der Waals surface area (Å²) >= 11 is 0. The monoisotopic (exact) mass is 311 g/mol. The fourth-order valence-corrected chi connectivity index (χ4v) is 2.37. The summed E-state index contributed by atoms with van der Waals surface area (Å²) in [5.74, 6) is 0.979. The standard InChI is InChI=1S/C17H17N3O3/c1-20-10-18-14-8-11(4-7-15(14)20)17(21)19-13-6-5-12(22-2)9-16(13)23-3/h4-10H,1-3H3,(H,19,21). The first kappa shape index (κ1) is 14.9. The van der Waals surface area contributed by atoms with E-state index in [2.05, 4.69) is 10.3 Å². The van der Waals surface area contributed by atoms with Gasteiger partial charge in [0.1, 0.15) is 11.5 Å². The van der Waals surface area contributed by atoms with Crippen LogP contribution in [0.5, 0.6) is 11.5 Å². The summed E-state index contributed by atoms with van der Waals surface area (Å²) in [6.45, 7) is 0. The van der Waals surface area contributed by atoms with Gasteiger partial charge in [-0.15, -0.1) is 0 Å². The maximum Gasteiger partial charge on any atom is 0.255 e. The van der Waals surface area contributed by atoms with Gasteiger partial charge in [0.15, 0.2) is 0 Å². The Morgan fingerprint density at radius 3 is 2.70 bits per heavy atom. The van der Waals surface area contributed by atoms with Gasteiger partial charge in [-0.2, -0.15) is 0 Å². The molecule has 118 valence electrons. The van der Waals surface area contributed by atoms with Crippen molar-refractivity contribution in [2.75, 3.05) is 19.5 Å². The molecular formula is C17H17N3O3. The first-order valence-electron chi connectivity index (χ1n) is 7.07. The highest BCUT2D eigenvalue weighted by molar-refractivity contribution is 6.06. The van der Waals surface area contributed by atoms with Gasteiger partial charge in [-0.05, 0) is 30.3 Å². The zero-order chi connectivity index (χ0) is 16.4. The largest absolute Gasteiger partial charge is 0.497 e. The number of hydrogen-bond donors (Lipinski definition) is 1. The van der Waals surface area contributed by atoms with E-state index < -0.39 is 0 Å². The Morgan fingerprint density at radius 2 is 1.96 bits per heavy atom. The summed E-state index contributed by atoms with van der Waals surface area (Å²) < 4.78 is 12.3. The van der Waals surface area contributed by atoms with Gasteiger partial charge in [-0.25, -0.2) is 4.98 Å². The average molecular weight is 311 g/mol. The molecule has 0 aliphatic carbocycles. The molecule has 0 bridgehead atoms. The van der Waals surface area contributed by atoms with Crippen LogP contribution in [0.15, 0.2) is 42.7 Å². The molecule has 1 aromatic heterocycles. The van der Waals surface area contributed by atoms with E-state index in [1.165, 1.54) is 0 Å². The highest BCUT2D eigenvalue weighted by Gasteiger charge is 2.12. The van der Waals surface area contributed by atoms with Gasteiger partial charge in [-0.1, -0.05) is 0 Å². The Hall–Kier alpha value is -3.02. The molecule has 3 aromatic rings. The van der Waals surface area contributed by atoms with Crippen LogP contribution in [0, 0.1) is 0 Å². The fraction of sp³-hybridized carbons (Fsp3) is 0.176. The van der Waals surface area contributed by atoms with Crippen LogP contribution in [0.4, 0.5) is 5.69 Å². The lowest BCUT2D eigenvalue weighted by Gasteiger charge is -2.11. The highest BCUT2D eigenvalue weighted by atomic mass is 16.5. The van der Waals surface area contributed by atoms with E-state index in [0.717, 1.165) is 11.0 Å². The molecule has 0 saturated heterocycles. The van der Waals surface area contributed by atoms with E-state index in [0.29, 0.717) is 22.7 Å². The van der Waals surface area contributed by atoms with E-state index in [1.807, 2.05) is 17.7 Å². The van der Waals surface area contributed by atoms with Gasteiger partial charge in [0, 0.05) is 18.7 Å². The molecule has 0 spiro atoms. The summed E-state index contributed by atoms with van der Waals surface area (Å²) in [6, 6.07) is 10.6. The molecule has 2 aromatic carbocycles. The molecule has 6 nitrogen and oxygen atoms in total. The Morgan fingerprint density at radius 1 is 1.13 bits per heavy atom. The molecule has 1 heterocycles. The van der Waals surface area contributed by atoms with Crippen molar-refractivity contribution in [3.8, 4) is 11.5 Å². The molecule has 3 rings (SSSR count). The number of benzene rings is 2. The molecule has 0 aliphatic heterocycles. The number of hydrogen-bond acceptors (Lipinski definition) is 4. The molecule has 1 N–H and O–H groups in total. The van der Waals surface area contributed by atoms with Gasteiger partial charge in [0.25, 0.3) is 5.91 Å². The number of ether oxygens (including phenoxy) is 2. The quantitative estimate of drug-likeness (QED) is 0.804. The Balaban J connectivity index is 1.88. The van der Waals surface area contributed by atoms with Crippen LogP contribution in [0.2, 0.25) is 0 Å². The van der Waals surface area contributed by atoms with Crippen LogP contribution < -0.4 is 14.8 Å². The van der Waals surface area contributed by atoms with Gasteiger partial charge in [0.2, 0.25) is 0 Å². The molecule has 0 saturated carbocycles. The number of nitrogens with zero attached hydrogens (tertiary/aromatic N) is 2. The van der Waals surface area contributed by atoms with Crippen LogP contribution in [0.3, 0.4) is 0 Å². The molecule has 0 radical (unpaired) electrons. The number of anilines is 1. The minimum atomic E-state index is -0.221. The molecule has 0 fully saturated rings.